The summed E-state index contributed by atoms with van der Waals surface area (Å²) in [5.74, 6) is 3.00. The van der Waals surface area contributed by atoms with Gasteiger partial charge in [0.05, 0.1) is 18.6 Å². The van der Waals surface area contributed by atoms with Crippen molar-refractivity contribution >= 4 is 23.2 Å². The molecule has 21 heavy (non-hydrogen) atoms. The maximum atomic E-state index is 6.60. The zero-order chi connectivity index (χ0) is 15.0. The second kappa shape index (κ2) is 5.82. The summed E-state index contributed by atoms with van der Waals surface area (Å²) in [6.45, 7) is 5.06. The lowest BCUT2D eigenvalue weighted by Crippen LogP contribution is -1.98. The lowest BCUT2D eigenvalue weighted by Gasteiger charge is -2.15. The quantitative estimate of drug-likeness (QED) is 0.724. The van der Waals surface area contributed by atoms with Gasteiger partial charge in [-0.2, -0.15) is 0 Å². The van der Waals surface area contributed by atoms with E-state index in [2.05, 4.69) is 0 Å². The number of hydrogen-bond donors (Lipinski definition) is 0. The fraction of sp³-hybridized carbons (Fsp3) is 0.375. The molecule has 2 aromatic rings. The molecule has 5 heteroatoms. The molecule has 1 aromatic carbocycles. The molecule has 0 saturated heterocycles. The number of alkyl halides is 1. The largest absolute Gasteiger partial charge is 0.490 e. The SMILES string of the molecule is Cc1cc(C(Cl)c2cc3c(cc2Cl)OCCCO3)c(C)o1. The Kier molecular flexibility index (Phi) is 4.05. The first kappa shape index (κ1) is 14.6. The van der Waals surface area contributed by atoms with Crippen LogP contribution >= 0.6 is 23.2 Å². The van der Waals surface area contributed by atoms with Crippen molar-refractivity contribution in [3.05, 3.63) is 45.9 Å². The van der Waals surface area contributed by atoms with Gasteiger partial charge >= 0.3 is 0 Å². The van der Waals surface area contributed by atoms with Crippen LogP contribution in [0.1, 0.15) is 34.4 Å². The van der Waals surface area contributed by atoms with Crippen LogP contribution in [0.25, 0.3) is 0 Å². The standard InChI is InChI=1S/C16H16Cl2O3/c1-9-6-11(10(2)21-9)16(18)12-7-14-15(8-13(12)17)20-5-3-4-19-14/h6-8,16H,3-5H2,1-2H3. The summed E-state index contributed by atoms with van der Waals surface area (Å²) in [7, 11) is 0. The Hall–Kier alpha value is -1.32. The summed E-state index contributed by atoms with van der Waals surface area (Å²) in [6.07, 6.45) is 0.853. The maximum Gasteiger partial charge on any atom is 0.162 e. The second-order valence-electron chi connectivity index (χ2n) is 5.10. The van der Waals surface area contributed by atoms with Crippen molar-refractivity contribution in [2.75, 3.05) is 13.2 Å². The van der Waals surface area contributed by atoms with Gasteiger partial charge in [0.1, 0.15) is 11.5 Å². The third-order valence-corrected chi connectivity index (χ3v) is 4.29. The summed E-state index contributed by atoms with van der Waals surface area (Å²) in [4.78, 5) is 0. The average Bonchev–Trinajstić information content (AvgIpc) is 2.64. The van der Waals surface area contributed by atoms with Crippen molar-refractivity contribution in [1.82, 2.24) is 0 Å². The van der Waals surface area contributed by atoms with E-state index in [1.54, 1.807) is 6.07 Å². The minimum atomic E-state index is -0.382. The smallest absolute Gasteiger partial charge is 0.162 e. The van der Waals surface area contributed by atoms with Gasteiger partial charge in [0, 0.05) is 23.1 Å². The van der Waals surface area contributed by atoms with Crippen molar-refractivity contribution in [3.63, 3.8) is 0 Å². The third kappa shape index (κ3) is 2.85. The molecule has 112 valence electrons. The van der Waals surface area contributed by atoms with Gasteiger partial charge in [-0.3, -0.25) is 0 Å². The zero-order valence-electron chi connectivity index (χ0n) is 11.9. The van der Waals surface area contributed by atoms with E-state index >= 15 is 0 Å². The molecule has 0 spiro atoms. The van der Waals surface area contributed by atoms with Crippen molar-refractivity contribution in [1.29, 1.82) is 0 Å². The molecule has 0 bridgehead atoms. The van der Waals surface area contributed by atoms with E-state index in [1.165, 1.54) is 0 Å². The fourth-order valence-corrected chi connectivity index (χ4v) is 3.18. The molecule has 0 aliphatic carbocycles. The first-order valence-electron chi connectivity index (χ1n) is 6.86. The highest BCUT2D eigenvalue weighted by atomic mass is 35.5. The normalized spacial score (nSPS) is 15.6. The lowest BCUT2D eigenvalue weighted by molar-refractivity contribution is 0.297. The molecule has 2 heterocycles. The molecule has 0 saturated carbocycles. The Labute approximate surface area is 133 Å². The average molecular weight is 327 g/mol. The number of furan rings is 1. The highest BCUT2D eigenvalue weighted by molar-refractivity contribution is 6.33. The molecular formula is C16H16Cl2O3. The molecular weight excluding hydrogens is 311 g/mol. The Bertz CT molecular complexity index is 664. The summed E-state index contributed by atoms with van der Waals surface area (Å²) < 4.78 is 16.9. The van der Waals surface area contributed by atoms with Crippen molar-refractivity contribution in [2.24, 2.45) is 0 Å². The summed E-state index contributed by atoms with van der Waals surface area (Å²) >= 11 is 13.0. The van der Waals surface area contributed by atoms with Gasteiger partial charge in [-0.15, -0.1) is 11.6 Å². The minimum Gasteiger partial charge on any atom is -0.490 e. The number of halogens is 2. The van der Waals surface area contributed by atoms with Crippen LogP contribution in [0, 0.1) is 13.8 Å². The summed E-state index contributed by atoms with van der Waals surface area (Å²) in [5, 5.41) is 0.185. The Balaban J connectivity index is 2.02. The van der Waals surface area contributed by atoms with Gasteiger partial charge in [0.2, 0.25) is 0 Å². The summed E-state index contributed by atoms with van der Waals surface area (Å²) in [6, 6.07) is 5.57. The third-order valence-electron chi connectivity index (χ3n) is 3.49. The molecule has 0 N–H and O–H groups in total. The van der Waals surface area contributed by atoms with Gasteiger partial charge in [0.15, 0.2) is 11.5 Å². The molecule has 0 radical (unpaired) electrons. The van der Waals surface area contributed by atoms with Crippen LogP contribution in [0.4, 0.5) is 0 Å². The first-order chi connectivity index (χ1) is 10.1. The molecule has 1 atom stereocenters. The monoisotopic (exact) mass is 326 g/mol. The number of rotatable bonds is 2. The van der Waals surface area contributed by atoms with E-state index in [0.29, 0.717) is 29.7 Å². The number of ether oxygens (including phenoxy) is 2. The van der Waals surface area contributed by atoms with E-state index in [-0.39, 0.29) is 5.38 Å². The molecule has 3 rings (SSSR count). The van der Waals surface area contributed by atoms with Gasteiger partial charge in [-0.1, -0.05) is 11.6 Å². The molecule has 1 aromatic heterocycles. The van der Waals surface area contributed by atoms with Crippen molar-refractivity contribution in [3.8, 4) is 11.5 Å². The molecule has 1 aliphatic heterocycles. The predicted octanol–water partition coefficient (Wildman–Crippen LogP) is 5.04. The van der Waals surface area contributed by atoms with Crippen LogP contribution in [-0.2, 0) is 0 Å². The van der Waals surface area contributed by atoms with E-state index in [0.717, 1.165) is 29.1 Å². The Morgan fingerprint density at radius 1 is 1.00 bits per heavy atom. The number of aryl methyl sites for hydroxylation is 2. The van der Waals surface area contributed by atoms with Gasteiger partial charge < -0.3 is 13.9 Å². The van der Waals surface area contributed by atoms with Crippen LogP contribution in [0.3, 0.4) is 0 Å². The van der Waals surface area contributed by atoms with E-state index in [4.69, 9.17) is 37.1 Å². The van der Waals surface area contributed by atoms with E-state index < -0.39 is 0 Å². The number of fused-ring (bicyclic) bond motifs is 1. The highest BCUT2D eigenvalue weighted by Crippen LogP contribution is 2.42. The first-order valence-corrected chi connectivity index (χ1v) is 7.67. The molecule has 0 fully saturated rings. The van der Waals surface area contributed by atoms with Crippen LogP contribution in [0.5, 0.6) is 11.5 Å². The van der Waals surface area contributed by atoms with Gasteiger partial charge in [0.25, 0.3) is 0 Å². The van der Waals surface area contributed by atoms with Crippen LogP contribution in [-0.4, -0.2) is 13.2 Å². The molecule has 0 amide bonds. The highest BCUT2D eigenvalue weighted by Gasteiger charge is 2.22. The molecule has 3 nitrogen and oxygen atoms in total. The molecule has 1 unspecified atom stereocenters. The Morgan fingerprint density at radius 2 is 1.67 bits per heavy atom. The van der Waals surface area contributed by atoms with E-state index in [9.17, 15) is 0 Å². The fourth-order valence-electron chi connectivity index (χ4n) is 2.46. The van der Waals surface area contributed by atoms with E-state index in [1.807, 2.05) is 26.0 Å². The minimum absolute atomic E-state index is 0.382. The summed E-state index contributed by atoms with van der Waals surface area (Å²) in [5.41, 5.74) is 1.72. The zero-order valence-corrected chi connectivity index (χ0v) is 13.4. The van der Waals surface area contributed by atoms with Crippen molar-refractivity contribution < 1.29 is 13.9 Å². The van der Waals surface area contributed by atoms with Gasteiger partial charge in [-0.05, 0) is 31.5 Å². The Morgan fingerprint density at radius 3 is 2.29 bits per heavy atom. The topological polar surface area (TPSA) is 31.6 Å². The van der Waals surface area contributed by atoms with Crippen molar-refractivity contribution in [2.45, 2.75) is 25.6 Å². The predicted molar refractivity (Wildman–Crippen MR) is 82.9 cm³/mol. The second-order valence-corrected chi connectivity index (χ2v) is 5.95. The molecule has 1 aliphatic rings. The van der Waals surface area contributed by atoms with Crippen LogP contribution in [0.2, 0.25) is 5.02 Å². The van der Waals surface area contributed by atoms with Crippen LogP contribution < -0.4 is 9.47 Å². The maximum absolute atomic E-state index is 6.60. The van der Waals surface area contributed by atoms with Crippen LogP contribution in [0.15, 0.2) is 22.6 Å². The number of hydrogen-bond acceptors (Lipinski definition) is 3. The number of benzene rings is 1. The van der Waals surface area contributed by atoms with Gasteiger partial charge in [-0.25, -0.2) is 0 Å². The lowest BCUT2D eigenvalue weighted by atomic mass is 10.0.